The van der Waals surface area contributed by atoms with Crippen molar-refractivity contribution >= 4 is 0 Å². The number of hydrogen-bond acceptors (Lipinski definition) is 4. The Labute approximate surface area is 263 Å². The van der Waals surface area contributed by atoms with Gasteiger partial charge in [0.25, 0.3) is 0 Å². The van der Waals surface area contributed by atoms with E-state index >= 15 is 0 Å². The molecule has 0 bridgehead atoms. The number of aromatic nitrogens is 4. The minimum absolute atomic E-state index is 0.0195. The van der Waals surface area contributed by atoms with Gasteiger partial charge >= 0.3 is 0 Å². The van der Waals surface area contributed by atoms with E-state index in [1.165, 1.54) is 33.4 Å². The van der Waals surface area contributed by atoms with Gasteiger partial charge in [0.1, 0.15) is 12.7 Å². The quantitative estimate of drug-likeness (QED) is 0.204. The topological polar surface area (TPSA) is 51.6 Å². The average molecular weight is 579 g/mol. The molecule has 0 radical (unpaired) electrons. The molecule has 1 aliphatic carbocycles. The van der Waals surface area contributed by atoms with Gasteiger partial charge in [-0.15, -0.1) is 0 Å². The van der Waals surface area contributed by atoms with Gasteiger partial charge in [-0.3, -0.25) is 0 Å². The molecule has 0 saturated carbocycles. The highest BCUT2D eigenvalue weighted by Crippen LogP contribution is 2.49. The van der Waals surface area contributed by atoms with Crippen molar-refractivity contribution in [1.82, 2.24) is 19.9 Å². The van der Waals surface area contributed by atoms with Gasteiger partial charge in [0.05, 0.1) is 11.4 Å². The van der Waals surface area contributed by atoms with Gasteiger partial charge < -0.3 is 0 Å². The molecule has 0 amide bonds. The third-order valence-corrected chi connectivity index (χ3v) is 9.04. The summed E-state index contributed by atoms with van der Waals surface area (Å²) in [6.07, 6.45) is 6.73. The van der Waals surface area contributed by atoms with E-state index in [4.69, 9.17) is 0 Å². The second-order valence-corrected chi connectivity index (χ2v) is 12.1. The van der Waals surface area contributed by atoms with Crippen LogP contribution in [0.3, 0.4) is 0 Å². The number of nitrogens with zero attached hydrogens (tertiary/aromatic N) is 4. The van der Waals surface area contributed by atoms with Crippen molar-refractivity contribution in [1.29, 1.82) is 0 Å². The summed E-state index contributed by atoms with van der Waals surface area (Å²) >= 11 is 0. The van der Waals surface area contributed by atoms with Crippen LogP contribution in [0.5, 0.6) is 0 Å². The highest BCUT2D eigenvalue weighted by molar-refractivity contribution is 5.87. The fourth-order valence-corrected chi connectivity index (χ4v) is 6.62. The molecule has 0 unspecified atom stereocenters. The molecule has 1 aliphatic rings. The zero-order valence-corrected chi connectivity index (χ0v) is 25.1. The number of fused-ring (bicyclic) bond motifs is 3. The summed E-state index contributed by atoms with van der Waals surface area (Å²) in [5, 5.41) is 0. The van der Waals surface area contributed by atoms with Gasteiger partial charge in [-0.25, -0.2) is 19.9 Å². The Hall–Kier alpha value is -5.74. The third kappa shape index (κ3) is 4.81. The smallest absolute Gasteiger partial charge is 0.116 e. The maximum atomic E-state index is 4.42. The second kappa shape index (κ2) is 10.8. The van der Waals surface area contributed by atoms with Crippen molar-refractivity contribution in [2.24, 2.45) is 0 Å². The largest absolute Gasteiger partial charge is 0.245 e. The molecule has 214 valence electrons. The first-order valence-electron chi connectivity index (χ1n) is 15.2. The van der Waals surface area contributed by atoms with Crippen LogP contribution in [0, 0.1) is 0 Å². The van der Waals surface area contributed by atoms with Gasteiger partial charge in [-0.1, -0.05) is 98.8 Å². The molecule has 5 aromatic carbocycles. The molecule has 8 rings (SSSR count). The Morgan fingerprint density at radius 1 is 0.400 bits per heavy atom. The minimum atomic E-state index is -0.0195. The van der Waals surface area contributed by atoms with Crippen LogP contribution in [0.2, 0.25) is 0 Å². The molecule has 45 heavy (non-hydrogen) atoms. The summed E-state index contributed by atoms with van der Waals surface area (Å²) in [5.41, 5.74) is 16.4. The molecule has 2 heterocycles. The number of rotatable bonds is 5. The monoisotopic (exact) mass is 578 g/mol. The van der Waals surface area contributed by atoms with Crippen LogP contribution in [0.1, 0.15) is 25.0 Å². The lowest BCUT2D eigenvalue weighted by Crippen LogP contribution is -2.14. The van der Waals surface area contributed by atoms with Gasteiger partial charge in [-0.2, -0.15) is 0 Å². The molecule has 0 saturated heterocycles. The Bertz CT molecular complexity index is 2050. The van der Waals surface area contributed by atoms with Gasteiger partial charge in [0, 0.05) is 28.9 Å². The van der Waals surface area contributed by atoms with Crippen molar-refractivity contribution < 1.29 is 0 Å². The lowest BCUT2D eigenvalue weighted by Gasteiger charge is -2.21. The van der Waals surface area contributed by atoms with Crippen molar-refractivity contribution in [2.75, 3.05) is 0 Å². The first-order valence-corrected chi connectivity index (χ1v) is 15.2. The summed E-state index contributed by atoms with van der Waals surface area (Å²) in [6, 6.07) is 43.8. The first-order chi connectivity index (χ1) is 22.0. The number of benzene rings is 5. The summed E-state index contributed by atoms with van der Waals surface area (Å²) in [5.74, 6) is 0. The van der Waals surface area contributed by atoms with Crippen LogP contribution < -0.4 is 0 Å². The molecule has 4 heteroatoms. The van der Waals surface area contributed by atoms with Gasteiger partial charge in [-0.05, 0) is 92.0 Å². The zero-order valence-electron chi connectivity index (χ0n) is 25.1. The Morgan fingerprint density at radius 2 is 0.867 bits per heavy atom. The van der Waals surface area contributed by atoms with E-state index in [1.54, 1.807) is 25.0 Å². The van der Waals surface area contributed by atoms with Crippen LogP contribution in [-0.2, 0) is 5.41 Å². The van der Waals surface area contributed by atoms with Crippen molar-refractivity contribution in [3.8, 4) is 67.0 Å². The molecule has 0 spiro atoms. The van der Waals surface area contributed by atoms with Crippen molar-refractivity contribution in [2.45, 2.75) is 19.3 Å². The standard InChI is InChI=1S/C41H30N4/c1-41(2)37-6-4-3-5-35(37)36-24-31(15-16-38(36)41)34-22-32(27-7-11-29(12-8-27)39-17-19-42-25-44-39)21-33(23-34)28-9-13-30(14-10-28)40-18-20-43-26-45-40/h3-26H,1-2H3. The maximum Gasteiger partial charge on any atom is 0.116 e. The van der Waals surface area contributed by atoms with Crippen LogP contribution in [0.15, 0.2) is 146 Å². The molecule has 2 aromatic heterocycles. The van der Waals surface area contributed by atoms with E-state index in [2.05, 4.69) is 143 Å². The van der Waals surface area contributed by atoms with Gasteiger partial charge in [0.15, 0.2) is 0 Å². The minimum Gasteiger partial charge on any atom is -0.245 e. The Balaban J connectivity index is 1.25. The molecular weight excluding hydrogens is 548 g/mol. The third-order valence-electron chi connectivity index (χ3n) is 9.04. The zero-order chi connectivity index (χ0) is 30.4. The molecule has 0 N–H and O–H groups in total. The van der Waals surface area contributed by atoms with Crippen LogP contribution in [-0.4, -0.2) is 19.9 Å². The Morgan fingerprint density at radius 3 is 1.40 bits per heavy atom. The van der Waals surface area contributed by atoms with Gasteiger partial charge in [0.2, 0.25) is 0 Å². The van der Waals surface area contributed by atoms with Crippen molar-refractivity contribution in [3.05, 3.63) is 158 Å². The second-order valence-electron chi connectivity index (χ2n) is 12.1. The van der Waals surface area contributed by atoms with Crippen LogP contribution >= 0.6 is 0 Å². The maximum absolute atomic E-state index is 4.42. The average Bonchev–Trinajstić information content (AvgIpc) is 3.34. The summed E-state index contributed by atoms with van der Waals surface area (Å²) in [6.45, 7) is 4.65. The fraction of sp³-hybridized carbons (Fsp3) is 0.0732. The molecular formula is C41H30N4. The predicted molar refractivity (Wildman–Crippen MR) is 182 cm³/mol. The summed E-state index contributed by atoms with van der Waals surface area (Å²) < 4.78 is 0. The molecule has 0 aliphatic heterocycles. The SMILES string of the molecule is CC1(C)c2ccccc2-c2cc(-c3cc(-c4ccc(-c5ccncn5)cc4)cc(-c4ccc(-c5ccncn5)cc4)c3)ccc21. The predicted octanol–water partition coefficient (Wildman–Crippen LogP) is 9.91. The molecule has 4 nitrogen and oxygen atoms in total. The van der Waals surface area contributed by atoms with E-state index in [0.717, 1.165) is 44.8 Å². The van der Waals surface area contributed by atoms with E-state index < -0.39 is 0 Å². The normalized spacial score (nSPS) is 12.8. The Kier molecular flexibility index (Phi) is 6.42. The van der Waals surface area contributed by atoms with Crippen molar-refractivity contribution in [3.63, 3.8) is 0 Å². The lowest BCUT2D eigenvalue weighted by molar-refractivity contribution is 0.660. The summed E-state index contributed by atoms with van der Waals surface area (Å²) in [4.78, 5) is 17.0. The molecule has 0 atom stereocenters. The van der Waals surface area contributed by atoms with Crippen LogP contribution in [0.25, 0.3) is 67.0 Å². The van der Waals surface area contributed by atoms with E-state index in [9.17, 15) is 0 Å². The van der Waals surface area contributed by atoms with E-state index in [0.29, 0.717) is 0 Å². The van der Waals surface area contributed by atoms with E-state index in [1.807, 2.05) is 12.1 Å². The first kappa shape index (κ1) is 26.9. The highest BCUT2D eigenvalue weighted by atomic mass is 14.8. The highest BCUT2D eigenvalue weighted by Gasteiger charge is 2.35. The molecule has 7 aromatic rings. The fourth-order valence-electron chi connectivity index (χ4n) is 6.62. The molecule has 0 fully saturated rings. The lowest BCUT2D eigenvalue weighted by atomic mass is 9.82. The number of hydrogen-bond donors (Lipinski definition) is 0. The van der Waals surface area contributed by atoms with E-state index in [-0.39, 0.29) is 5.41 Å². The summed E-state index contributed by atoms with van der Waals surface area (Å²) in [7, 11) is 0. The van der Waals surface area contributed by atoms with Crippen LogP contribution in [0.4, 0.5) is 0 Å².